The molecule has 3 aromatic rings. The molecule has 0 bridgehead atoms. The number of rotatable bonds is 4. The van der Waals surface area contributed by atoms with Crippen LogP contribution in [0.3, 0.4) is 0 Å². The first kappa shape index (κ1) is 14.5. The van der Waals surface area contributed by atoms with Crippen molar-refractivity contribution in [3.05, 3.63) is 59.1 Å². The molecule has 0 radical (unpaired) electrons. The highest BCUT2D eigenvalue weighted by Crippen LogP contribution is 2.35. The molecule has 1 unspecified atom stereocenters. The Morgan fingerprint density at radius 1 is 1.41 bits per heavy atom. The topological polar surface area (TPSA) is 70.7 Å². The van der Waals surface area contributed by atoms with E-state index in [9.17, 15) is 4.79 Å². The Bertz CT molecular complexity index is 800. The van der Waals surface area contributed by atoms with Crippen molar-refractivity contribution in [2.45, 2.75) is 12.3 Å². The molecule has 5 nitrogen and oxygen atoms in total. The number of nitrogens with zero attached hydrogens (tertiary/aromatic N) is 2. The molecule has 22 heavy (non-hydrogen) atoms. The molecule has 0 aliphatic rings. The lowest BCUT2D eigenvalue weighted by Gasteiger charge is -2.16. The van der Waals surface area contributed by atoms with E-state index in [0.717, 1.165) is 16.5 Å². The van der Waals surface area contributed by atoms with Crippen molar-refractivity contribution in [1.82, 2.24) is 20.3 Å². The number of hydrogen-bond donors (Lipinski definition) is 2. The molecule has 0 saturated carbocycles. The number of aromatic amines is 1. The second-order valence-electron chi connectivity index (χ2n) is 4.98. The Morgan fingerprint density at radius 2 is 2.27 bits per heavy atom. The van der Waals surface area contributed by atoms with E-state index in [1.54, 1.807) is 31.7 Å². The van der Waals surface area contributed by atoms with Gasteiger partial charge in [-0.15, -0.1) is 0 Å². The summed E-state index contributed by atoms with van der Waals surface area (Å²) in [5.41, 5.74) is 2.63. The Balaban J connectivity index is 2.14. The zero-order valence-corrected chi connectivity index (χ0v) is 12.8. The van der Waals surface area contributed by atoms with E-state index in [1.807, 2.05) is 18.3 Å². The molecule has 0 saturated heterocycles. The Hall–Kier alpha value is -2.40. The lowest BCUT2D eigenvalue weighted by atomic mass is 9.89. The van der Waals surface area contributed by atoms with E-state index in [0.29, 0.717) is 17.1 Å². The minimum Gasteiger partial charge on any atom is -0.359 e. The van der Waals surface area contributed by atoms with Gasteiger partial charge in [-0.2, -0.15) is 0 Å². The highest BCUT2D eigenvalue weighted by atomic mass is 35.5. The van der Waals surface area contributed by atoms with Crippen LogP contribution in [0, 0.1) is 0 Å². The van der Waals surface area contributed by atoms with Gasteiger partial charge in [0.05, 0.1) is 5.02 Å². The Labute approximate surface area is 132 Å². The third-order valence-electron chi connectivity index (χ3n) is 3.68. The third-order valence-corrected chi connectivity index (χ3v) is 4.00. The van der Waals surface area contributed by atoms with E-state index < -0.39 is 0 Å². The van der Waals surface area contributed by atoms with E-state index in [1.165, 1.54) is 0 Å². The molecule has 112 valence electrons. The van der Waals surface area contributed by atoms with Crippen molar-refractivity contribution >= 4 is 28.5 Å². The van der Waals surface area contributed by atoms with Crippen molar-refractivity contribution in [3.63, 3.8) is 0 Å². The Morgan fingerprint density at radius 3 is 3.00 bits per heavy atom. The SMILES string of the molecule is CNC(=O)CC(c1cccnc1)c1c[nH]c2nccc(Cl)c12. The molecule has 0 aromatic carbocycles. The largest absolute Gasteiger partial charge is 0.359 e. The van der Waals surface area contributed by atoms with Gasteiger partial charge in [-0.05, 0) is 23.3 Å². The summed E-state index contributed by atoms with van der Waals surface area (Å²) >= 11 is 6.33. The zero-order chi connectivity index (χ0) is 15.5. The van der Waals surface area contributed by atoms with Crippen LogP contribution in [0.2, 0.25) is 5.02 Å². The summed E-state index contributed by atoms with van der Waals surface area (Å²) in [5.74, 6) is -0.174. The third kappa shape index (κ3) is 2.67. The van der Waals surface area contributed by atoms with E-state index in [4.69, 9.17) is 11.6 Å². The lowest BCUT2D eigenvalue weighted by Crippen LogP contribution is -2.21. The molecular formula is C16H15ClN4O. The minimum absolute atomic E-state index is 0.0387. The van der Waals surface area contributed by atoms with Crippen LogP contribution in [-0.4, -0.2) is 27.9 Å². The highest BCUT2D eigenvalue weighted by molar-refractivity contribution is 6.35. The van der Waals surface area contributed by atoms with Gasteiger partial charge >= 0.3 is 0 Å². The van der Waals surface area contributed by atoms with Crippen LogP contribution >= 0.6 is 11.6 Å². The number of aromatic nitrogens is 3. The smallest absolute Gasteiger partial charge is 0.220 e. The highest BCUT2D eigenvalue weighted by Gasteiger charge is 2.22. The number of carbonyl (C=O) groups is 1. The second kappa shape index (κ2) is 6.15. The van der Waals surface area contributed by atoms with Crippen LogP contribution in [0.1, 0.15) is 23.5 Å². The van der Waals surface area contributed by atoms with Gasteiger partial charge in [0.25, 0.3) is 0 Å². The van der Waals surface area contributed by atoms with Gasteiger partial charge in [0.2, 0.25) is 5.91 Å². The van der Waals surface area contributed by atoms with Crippen molar-refractivity contribution in [3.8, 4) is 0 Å². The van der Waals surface area contributed by atoms with Gasteiger partial charge < -0.3 is 10.3 Å². The fraction of sp³-hybridized carbons (Fsp3) is 0.188. The molecule has 0 aliphatic carbocycles. The minimum atomic E-state index is -0.135. The molecular weight excluding hydrogens is 300 g/mol. The van der Waals surface area contributed by atoms with Gasteiger partial charge in [0, 0.05) is 49.6 Å². The fourth-order valence-corrected chi connectivity index (χ4v) is 2.85. The van der Waals surface area contributed by atoms with Crippen LogP contribution in [0.25, 0.3) is 11.0 Å². The van der Waals surface area contributed by atoms with Gasteiger partial charge in [-0.1, -0.05) is 17.7 Å². The molecule has 6 heteroatoms. The number of amides is 1. The maximum Gasteiger partial charge on any atom is 0.220 e. The van der Waals surface area contributed by atoms with E-state index in [2.05, 4.69) is 20.3 Å². The first-order chi connectivity index (χ1) is 10.7. The summed E-state index contributed by atoms with van der Waals surface area (Å²) in [4.78, 5) is 23.5. The van der Waals surface area contributed by atoms with Crippen LogP contribution in [0.5, 0.6) is 0 Å². The Kier molecular flexibility index (Phi) is 4.06. The number of fused-ring (bicyclic) bond motifs is 1. The van der Waals surface area contributed by atoms with Crippen LogP contribution in [0.15, 0.2) is 43.0 Å². The molecule has 0 spiro atoms. The van der Waals surface area contributed by atoms with Crippen molar-refractivity contribution in [1.29, 1.82) is 0 Å². The molecule has 0 fully saturated rings. The lowest BCUT2D eigenvalue weighted by molar-refractivity contribution is -0.120. The maximum absolute atomic E-state index is 11.9. The summed E-state index contributed by atoms with van der Waals surface area (Å²) < 4.78 is 0. The maximum atomic E-state index is 11.9. The zero-order valence-electron chi connectivity index (χ0n) is 12.0. The van der Waals surface area contributed by atoms with Crippen LogP contribution in [-0.2, 0) is 4.79 Å². The van der Waals surface area contributed by atoms with Gasteiger partial charge in [-0.25, -0.2) is 4.98 Å². The van der Waals surface area contributed by atoms with Crippen molar-refractivity contribution in [2.24, 2.45) is 0 Å². The fourth-order valence-electron chi connectivity index (χ4n) is 2.59. The number of pyridine rings is 2. The standard InChI is InChI=1S/C16H15ClN4O/c1-18-14(22)7-11(10-3-2-5-19-8-10)12-9-21-16-15(12)13(17)4-6-20-16/h2-6,8-9,11H,7H2,1H3,(H,18,22)(H,20,21). The molecule has 1 atom stereocenters. The van der Waals surface area contributed by atoms with Gasteiger partial charge in [-0.3, -0.25) is 9.78 Å². The second-order valence-corrected chi connectivity index (χ2v) is 5.38. The normalized spacial score (nSPS) is 12.3. The summed E-state index contributed by atoms with van der Waals surface area (Å²) in [6.07, 6.45) is 7.33. The predicted molar refractivity (Wildman–Crippen MR) is 85.9 cm³/mol. The van der Waals surface area contributed by atoms with E-state index >= 15 is 0 Å². The summed E-state index contributed by atoms with van der Waals surface area (Å²) in [6.45, 7) is 0. The average Bonchev–Trinajstić information content (AvgIpc) is 2.98. The number of H-pyrrole nitrogens is 1. The predicted octanol–water partition coefficient (Wildman–Crippen LogP) is 2.88. The molecule has 3 aromatic heterocycles. The van der Waals surface area contributed by atoms with Crippen LogP contribution < -0.4 is 5.32 Å². The van der Waals surface area contributed by atoms with Gasteiger partial charge in [0.1, 0.15) is 5.65 Å². The number of carbonyl (C=O) groups excluding carboxylic acids is 1. The van der Waals surface area contributed by atoms with Crippen LogP contribution in [0.4, 0.5) is 0 Å². The summed E-state index contributed by atoms with van der Waals surface area (Å²) in [6, 6.07) is 5.58. The number of halogens is 1. The number of hydrogen-bond acceptors (Lipinski definition) is 3. The quantitative estimate of drug-likeness (QED) is 0.778. The molecule has 2 N–H and O–H groups in total. The van der Waals surface area contributed by atoms with Crippen molar-refractivity contribution < 1.29 is 4.79 Å². The number of nitrogens with one attached hydrogen (secondary N) is 2. The van der Waals surface area contributed by atoms with Gasteiger partial charge in [0.15, 0.2) is 0 Å². The molecule has 3 heterocycles. The molecule has 1 amide bonds. The molecule has 0 aliphatic heterocycles. The summed E-state index contributed by atoms with van der Waals surface area (Å²) in [7, 11) is 1.63. The van der Waals surface area contributed by atoms with E-state index in [-0.39, 0.29) is 11.8 Å². The molecule has 3 rings (SSSR count). The first-order valence-electron chi connectivity index (χ1n) is 6.92. The summed E-state index contributed by atoms with van der Waals surface area (Å²) in [5, 5.41) is 4.14. The monoisotopic (exact) mass is 314 g/mol. The first-order valence-corrected chi connectivity index (χ1v) is 7.30. The van der Waals surface area contributed by atoms with Crippen molar-refractivity contribution in [2.75, 3.05) is 7.05 Å². The average molecular weight is 315 g/mol.